The molecule has 0 unspecified atom stereocenters. The largest absolute Gasteiger partial charge is 0.508 e. The molecule has 0 fully saturated rings. The zero-order valence-electron chi connectivity index (χ0n) is 12.7. The SMILES string of the molecule is O=C(CCCNC(=O)c1ccc(F)cc1F)Nc1cccc(O)c1. The predicted molar refractivity (Wildman–Crippen MR) is 84.7 cm³/mol. The minimum Gasteiger partial charge on any atom is -0.508 e. The molecular formula is C17H16F2N2O3. The van der Waals surface area contributed by atoms with Crippen LogP contribution in [0.4, 0.5) is 14.5 Å². The van der Waals surface area contributed by atoms with Crippen molar-refractivity contribution in [3.8, 4) is 5.75 Å². The van der Waals surface area contributed by atoms with E-state index in [4.69, 9.17) is 0 Å². The zero-order chi connectivity index (χ0) is 17.5. The van der Waals surface area contributed by atoms with Gasteiger partial charge in [-0.25, -0.2) is 8.78 Å². The number of hydrogen-bond acceptors (Lipinski definition) is 3. The fourth-order valence-corrected chi connectivity index (χ4v) is 2.03. The molecule has 0 aromatic heterocycles. The Hall–Kier alpha value is -2.96. The number of anilines is 1. The molecule has 0 bridgehead atoms. The van der Waals surface area contributed by atoms with E-state index < -0.39 is 17.5 Å². The lowest BCUT2D eigenvalue weighted by atomic mass is 10.2. The smallest absolute Gasteiger partial charge is 0.254 e. The lowest BCUT2D eigenvalue weighted by Crippen LogP contribution is -2.26. The average molecular weight is 334 g/mol. The second kappa shape index (κ2) is 8.05. The number of carbonyl (C=O) groups excluding carboxylic acids is 2. The Kier molecular flexibility index (Phi) is 5.83. The van der Waals surface area contributed by atoms with Crippen molar-refractivity contribution in [2.45, 2.75) is 12.8 Å². The van der Waals surface area contributed by atoms with Crippen molar-refractivity contribution in [3.63, 3.8) is 0 Å². The first-order valence-electron chi connectivity index (χ1n) is 7.28. The number of amides is 2. The van der Waals surface area contributed by atoms with E-state index in [9.17, 15) is 23.5 Å². The Morgan fingerprint density at radius 2 is 1.88 bits per heavy atom. The van der Waals surface area contributed by atoms with Gasteiger partial charge in [-0.15, -0.1) is 0 Å². The molecule has 2 rings (SSSR count). The third-order valence-electron chi connectivity index (χ3n) is 3.17. The van der Waals surface area contributed by atoms with Crippen LogP contribution in [0.5, 0.6) is 5.75 Å². The fourth-order valence-electron chi connectivity index (χ4n) is 2.03. The number of phenolic OH excluding ortho intramolecular Hbond substituents is 1. The van der Waals surface area contributed by atoms with Crippen molar-refractivity contribution in [3.05, 3.63) is 59.7 Å². The first-order valence-corrected chi connectivity index (χ1v) is 7.28. The molecule has 2 aromatic rings. The summed E-state index contributed by atoms with van der Waals surface area (Å²) >= 11 is 0. The fraction of sp³-hybridized carbons (Fsp3) is 0.176. The normalized spacial score (nSPS) is 10.2. The van der Waals surface area contributed by atoms with Gasteiger partial charge in [-0.05, 0) is 30.7 Å². The zero-order valence-corrected chi connectivity index (χ0v) is 12.7. The molecule has 7 heteroatoms. The summed E-state index contributed by atoms with van der Waals surface area (Å²) in [5.74, 6) is -2.59. The molecule has 3 N–H and O–H groups in total. The highest BCUT2D eigenvalue weighted by atomic mass is 19.1. The lowest BCUT2D eigenvalue weighted by Gasteiger charge is -2.07. The van der Waals surface area contributed by atoms with E-state index >= 15 is 0 Å². The van der Waals surface area contributed by atoms with Crippen molar-refractivity contribution < 1.29 is 23.5 Å². The van der Waals surface area contributed by atoms with Gasteiger partial charge < -0.3 is 15.7 Å². The van der Waals surface area contributed by atoms with Crippen LogP contribution < -0.4 is 10.6 Å². The highest BCUT2D eigenvalue weighted by Crippen LogP contribution is 2.15. The van der Waals surface area contributed by atoms with Crippen LogP contribution in [0.25, 0.3) is 0 Å². The monoisotopic (exact) mass is 334 g/mol. The van der Waals surface area contributed by atoms with Crippen LogP contribution in [-0.2, 0) is 4.79 Å². The molecule has 0 aliphatic rings. The number of halogens is 2. The Morgan fingerprint density at radius 1 is 1.08 bits per heavy atom. The molecular weight excluding hydrogens is 318 g/mol. The molecule has 0 saturated carbocycles. The Morgan fingerprint density at radius 3 is 2.58 bits per heavy atom. The van der Waals surface area contributed by atoms with Crippen LogP contribution in [0.15, 0.2) is 42.5 Å². The van der Waals surface area contributed by atoms with E-state index in [0.29, 0.717) is 18.2 Å². The third-order valence-corrected chi connectivity index (χ3v) is 3.17. The second-order valence-electron chi connectivity index (χ2n) is 5.08. The Bertz CT molecular complexity index is 750. The van der Waals surface area contributed by atoms with Gasteiger partial charge in [-0.2, -0.15) is 0 Å². The maximum Gasteiger partial charge on any atom is 0.254 e. The van der Waals surface area contributed by atoms with Crippen molar-refractivity contribution in [2.75, 3.05) is 11.9 Å². The van der Waals surface area contributed by atoms with Gasteiger partial charge >= 0.3 is 0 Å². The van der Waals surface area contributed by atoms with Gasteiger partial charge in [0.15, 0.2) is 0 Å². The number of carbonyl (C=O) groups is 2. The Balaban J connectivity index is 1.74. The van der Waals surface area contributed by atoms with Crippen LogP contribution >= 0.6 is 0 Å². The molecule has 0 atom stereocenters. The molecule has 0 aliphatic heterocycles. The summed E-state index contributed by atoms with van der Waals surface area (Å²) < 4.78 is 26.2. The predicted octanol–water partition coefficient (Wildman–Crippen LogP) is 2.82. The highest BCUT2D eigenvalue weighted by molar-refractivity contribution is 5.94. The molecule has 0 saturated heterocycles. The van der Waals surface area contributed by atoms with Crippen molar-refractivity contribution in [1.82, 2.24) is 5.32 Å². The number of hydrogen-bond donors (Lipinski definition) is 3. The molecule has 126 valence electrons. The topological polar surface area (TPSA) is 78.4 Å². The van der Waals surface area contributed by atoms with Crippen LogP contribution in [-0.4, -0.2) is 23.5 Å². The summed E-state index contributed by atoms with van der Waals surface area (Å²) in [4.78, 5) is 23.5. The standard InChI is InChI=1S/C17H16F2N2O3/c18-11-6-7-14(15(19)9-11)17(24)20-8-2-5-16(23)21-12-3-1-4-13(22)10-12/h1,3-4,6-7,9-10,22H,2,5,8H2,(H,20,24)(H,21,23). The summed E-state index contributed by atoms with van der Waals surface area (Å²) in [5.41, 5.74) is 0.220. The van der Waals surface area contributed by atoms with Gasteiger partial charge in [-0.3, -0.25) is 9.59 Å². The third kappa shape index (κ3) is 5.05. The minimum absolute atomic E-state index is 0.0430. The number of nitrogens with one attached hydrogen (secondary N) is 2. The van der Waals surface area contributed by atoms with Crippen LogP contribution in [0, 0.1) is 11.6 Å². The molecule has 0 radical (unpaired) electrons. The van der Waals surface area contributed by atoms with E-state index in [-0.39, 0.29) is 30.2 Å². The maximum atomic E-state index is 13.4. The average Bonchev–Trinajstić information content (AvgIpc) is 2.51. The van der Waals surface area contributed by atoms with E-state index in [2.05, 4.69) is 10.6 Å². The maximum absolute atomic E-state index is 13.4. The molecule has 2 aromatic carbocycles. The van der Waals surface area contributed by atoms with Gasteiger partial charge in [0.05, 0.1) is 5.56 Å². The molecule has 0 spiro atoms. The van der Waals surface area contributed by atoms with Gasteiger partial charge in [0.2, 0.25) is 5.91 Å². The molecule has 24 heavy (non-hydrogen) atoms. The van der Waals surface area contributed by atoms with Gasteiger partial charge in [0, 0.05) is 30.8 Å². The van der Waals surface area contributed by atoms with E-state index in [1.807, 2.05) is 0 Å². The van der Waals surface area contributed by atoms with Gasteiger partial charge in [0.25, 0.3) is 5.91 Å². The summed E-state index contributed by atoms with van der Waals surface area (Å²) in [6.07, 6.45) is 0.487. The van der Waals surface area contributed by atoms with Gasteiger partial charge in [-0.1, -0.05) is 6.07 Å². The van der Waals surface area contributed by atoms with Crippen LogP contribution in [0.2, 0.25) is 0 Å². The number of rotatable bonds is 6. The number of phenols is 1. The van der Waals surface area contributed by atoms with E-state index in [1.54, 1.807) is 12.1 Å². The second-order valence-corrected chi connectivity index (χ2v) is 5.08. The van der Waals surface area contributed by atoms with Gasteiger partial charge in [0.1, 0.15) is 17.4 Å². The molecule has 0 aliphatic carbocycles. The van der Waals surface area contributed by atoms with E-state index in [0.717, 1.165) is 12.1 Å². The first-order chi connectivity index (χ1) is 11.5. The molecule has 2 amide bonds. The van der Waals surface area contributed by atoms with E-state index in [1.165, 1.54) is 12.1 Å². The first kappa shape index (κ1) is 17.4. The number of aromatic hydroxyl groups is 1. The quantitative estimate of drug-likeness (QED) is 0.711. The van der Waals surface area contributed by atoms with Crippen molar-refractivity contribution in [2.24, 2.45) is 0 Å². The molecule has 0 heterocycles. The van der Waals surface area contributed by atoms with Crippen molar-refractivity contribution in [1.29, 1.82) is 0 Å². The Labute approximate surface area is 137 Å². The summed E-state index contributed by atoms with van der Waals surface area (Å²) in [7, 11) is 0. The summed E-state index contributed by atoms with van der Waals surface area (Å²) in [5, 5.41) is 14.4. The van der Waals surface area contributed by atoms with Crippen LogP contribution in [0.3, 0.4) is 0 Å². The van der Waals surface area contributed by atoms with Crippen LogP contribution in [0.1, 0.15) is 23.2 Å². The summed E-state index contributed by atoms with van der Waals surface area (Å²) in [6, 6.07) is 8.84. The van der Waals surface area contributed by atoms with Crippen molar-refractivity contribution >= 4 is 17.5 Å². The summed E-state index contributed by atoms with van der Waals surface area (Å²) in [6.45, 7) is 0.170. The minimum atomic E-state index is -0.936. The molecule has 5 nitrogen and oxygen atoms in total. The lowest BCUT2D eigenvalue weighted by molar-refractivity contribution is -0.116. The number of benzene rings is 2. The highest BCUT2D eigenvalue weighted by Gasteiger charge is 2.12.